The van der Waals surface area contributed by atoms with Crippen LogP contribution in [0, 0.1) is 0 Å². The third kappa shape index (κ3) is 4.39. The number of hydroxylamine groups is 2. The van der Waals surface area contributed by atoms with Crippen LogP contribution < -0.4 is 9.64 Å². The minimum atomic E-state index is -0.421. The van der Waals surface area contributed by atoms with Gasteiger partial charge in [-0.05, 0) is 36.4 Å². The van der Waals surface area contributed by atoms with Crippen LogP contribution in [0.15, 0.2) is 61.1 Å². The molecule has 0 saturated carbocycles. The Labute approximate surface area is 157 Å². The molecule has 0 amide bonds. The van der Waals surface area contributed by atoms with E-state index < -0.39 is 5.97 Å². The zero-order valence-corrected chi connectivity index (χ0v) is 14.8. The molecule has 3 aromatic rings. The zero-order chi connectivity index (χ0) is 18.5. The first kappa shape index (κ1) is 17.4. The number of carbonyl (C=O) groups is 1. The first-order valence-electron chi connectivity index (χ1n) is 8.86. The lowest BCUT2D eigenvalue weighted by Gasteiger charge is -2.34. The van der Waals surface area contributed by atoms with Crippen LogP contribution in [0.5, 0.6) is 5.75 Å². The van der Waals surface area contributed by atoms with Gasteiger partial charge >= 0.3 is 5.97 Å². The Morgan fingerprint density at radius 1 is 1.00 bits per heavy atom. The minimum Gasteiger partial charge on any atom is -0.425 e. The van der Waals surface area contributed by atoms with E-state index in [1.165, 1.54) is 0 Å². The second kappa shape index (κ2) is 8.11. The lowest BCUT2D eigenvalue weighted by atomic mass is 10.2. The molecule has 27 heavy (non-hydrogen) atoms. The number of anilines is 1. The third-order valence-electron chi connectivity index (χ3n) is 4.44. The van der Waals surface area contributed by atoms with Crippen molar-refractivity contribution in [2.24, 2.45) is 0 Å². The van der Waals surface area contributed by atoms with Gasteiger partial charge in [0.05, 0.1) is 5.52 Å². The summed E-state index contributed by atoms with van der Waals surface area (Å²) < 4.78 is 5.37. The Hall–Kier alpha value is -3.03. The highest BCUT2D eigenvalue weighted by Crippen LogP contribution is 2.19. The molecule has 1 aliphatic rings. The molecule has 0 unspecified atom stereocenters. The van der Waals surface area contributed by atoms with Crippen LogP contribution in [0.4, 0.5) is 5.69 Å². The average Bonchev–Trinajstić information content (AvgIpc) is 2.73. The summed E-state index contributed by atoms with van der Waals surface area (Å²) in [5, 5.41) is 2.74. The van der Waals surface area contributed by atoms with Gasteiger partial charge < -0.3 is 9.64 Å². The van der Waals surface area contributed by atoms with Gasteiger partial charge in [0.25, 0.3) is 0 Å². The van der Waals surface area contributed by atoms with Gasteiger partial charge in [0.15, 0.2) is 6.61 Å². The van der Waals surface area contributed by atoms with Gasteiger partial charge in [-0.1, -0.05) is 6.07 Å². The molecule has 0 aliphatic carbocycles. The van der Waals surface area contributed by atoms with Crippen molar-refractivity contribution < 1.29 is 14.4 Å². The zero-order valence-electron chi connectivity index (χ0n) is 14.8. The Morgan fingerprint density at radius 3 is 2.63 bits per heavy atom. The van der Waals surface area contributed by atoms with Crippen molar-refractivity contribution in [2.75, 3.05) is 37.7 Å². The molecule has 3 heterocycles. The Kier molecular flexibility index (Phi) is 5.22. The third-order valence-corrected chi connectivity index (χ3v) is 4.44. The Bertz CT molecular complexity index is 911. The van der Waals surface area contributed by atoms with Crippen LogP contribution in [-0.4, -0.2) is 53.8 Å². The number of hydrogen-bond acceptors (Lipinski definition) is 7. The van der Waals surface area contributed by atoms with Gasteiger partial charge in [0.1, 0.15) is 5.75 Å². The molecular formula is C20H20N4O3. The fourth-order valence-corrected chi connectivity index (χ4v) is 3.05. The molecule has 4 rings (SSSR count). The van der Waals surface area contributed by atoms with Crippen molar-refractivity contribution >= 4 is 22.6 Å². The molecular weight excluding hydrogens is 344 g/mol. The number of pyridine rings is 2. The highest BCUT2D eigenvalue weighted by molar-refractivity contribution is 5.81. The fourth-order valence-electron chi connectivity index (χ4n) is 3.05. The van der Waals surface area contributed by atoms with Gasteiger partial charge in [-0.15, -0.1) is 0 Å². The molecule has 0 bridgehead atoms. The number of rotatable bonds is 5. The summed E-state index contributed by atoms with van der Waals surface area (Å²) in [5.41, 5.74) is 2.01. The maximum absolute atomic E-state index is 12.1. The van der Waals surface area contributed by atoms with Gasteiger partial charge in [0.2, 0.25) is 0 Å². The maximum atomic E-state index is 12.1. The topological polar surface area (TPSA) is 67.8 Å². The molecule has 0 spiro atoms. The summed E-state index contributed by atoms with van der Waals surface area (Å²) in [6.45, 7) is 2.99. The summed E-state index contributed by atoms with van der Waals surface area (Å²) >= 11 is 0. The van der Waals surface area contributed by atoms with E-state index >= 15 is 0 Å². The van der Waals surface area contributed by atoms with Crippen LogP contribution in [0.1, 0.15) is 0 Å². The Morgan fingerprint density at radius 2 is 1.81 bits per heavy atom. The Balaban J connectivity index is 1.25. The lowest BCUT2D eigenvalue weighted by molar-refractivity contribution is -0.180. The van der Waals surface area contributed by atoms with E-state index in [1.54, 1.807) is 30.7 Å². The van der Waals surface area contributed by atoms with Gasteiger partial charge in [-0.25, -0.2) is 4.79 Å². The fraction of sp³-hybridized carbons (Fsp3) is 0.250. The summed E-state index contributed by atoms with van der Waals surface area (Å²) in [4.78, 5) is 28.2. The van der Waals surface area contributed by atoms with Crippen molar-refractivity contribution in [1.29, 1.82) is 0 Å². The number of ether oxygens (including phenoxy) is 1. The standard InChI is InChI=1S/C20H20N4O3/c25-20(27-18-3-4-19-16(14-18)2-1-7-22-19)15-26-24-12-10-23(11-13-24)17-5-8-21-9-6-17/h1-9,14H,10-13,15H2. The van der Waals surface area contributed by atoms with E-state index in [4.69, 9.17) is 9.57 Å². The van der Waals surface area contributed by atoms with Gasteiger partial charge in [-0.2, -0.15) is 5.06 Å². The monoisotopic (exact) mass is 364 g/mol. The van der Waals surface area contributed by atoms with Crippen molar-refractivity contribution in [3.8, 4) is 5.75 Å². The number of benzene rings is 1. The number of piperazine rings is 1. The highest BCUT2D eigenvalue weighted by Gasteiger charge is 2.19. The molecule has 2 aromatic heterocycles. The lowest BCUT2D eigenvalue weighted by Crippen LogP contribution is -2.46. The predicted molar refractivity (Wildman–Crippen MR) is 101 cm³/mol. The molecule has 1 saturated heterocycles. The van der Waals surface area contributed by atoms with Crippen LogP contribution in [0.2, 0.25) is 0 Å². The molecule has 7 heteroatoms. The maximum Gasteiger partial charge on any atom is 0.339 e. The van der Waals surface area contributed by atoms with E-state index in [0.29, 0.717) is 5.75 Å². The minimum absolute atomic E-state index is 0.111. The smallest absolute Gasteiger partial charge is 0.339 e. The van der Waals surface area contributed by atoms with Gasteiger partial charge in [-0.3, -0.25) is 14.8 Å². The molecule has 7 nitrogen and oxygen atoms in total. The predicted octanol–water partition coefficient (Wildman–Crippen LogP) is 2.29. The van der Waals surface area contributed by atoms with Crippen molar-refractivity contribution in [3.05, 3.63) is 61.1 Å². The van der Waals surface area contributed by atoms with Crippen LogP contribution >= 0.6 is 0 Å². The van der Waals surface area contributed by atoms with Crippen molar-refractivity contribution in [3.63, 3.8) is 0 Å². The average molecular weight is 364 g/mol. The first-order chi connectivity index (χ1) is 13.3. The first-order valence-corrected chi connectivity index (χ1v) is 8.86. The molecule has 0 radical (unpaired) electrons. The summed E-state index contributed by atoms with van der Waals surface area (Å²) in [5.74, 6) is 0.0708. The number of aromatic nitrogens is 2. The van der Waals surface area contributed by atoms with E-state index in [-0.39, 0.29) is 6.61 Å². The molecule has 1 aromatic carbocycles. The number of esters is 1. The van der Waals surface area contributed by atoms with Gasteiger partial charge in [0, 0.05) is 55.8 Å². The van der Waals surface area contributed by atoms with Crippen molar-refractivity contribution in [1.82, 2.24) is 15.0 Å². The largest absolute Gasteiger partial charge is 0.425 e. The van der Waals surface area contributed by atoms with Crippen LogP contribution in [-0.2, 0) is 9.63 Å². The quantitative estimate of drug-likeness (QED) is 0.508. The highest BCUT2D eigenvalue weighted by atomic mass is 16.7. The van der Waals surface area contributed by atoms with E-state index in [1.807, 2.05) is 35.4 Å². The van der Waals surface area contributed by atoms with E-state index in [0.717, 1.165) is 42.8 Å². The number of hydrogen-bond donors (Lipinski definition) is 0. The number of carbonyl (C=O) groups excluding carboxylic acids is 1. The molecule has 0 N–H and O–H groups in total. The molecule has 138 valence electrons. The second-order valence-corrected chi connectivity index (χ2v) is 6.23. The van der Waals surface area contributed by atoms with Crippen LogP contribution in [0.3, 0.4) is 0 Å². The summed E-state index contributed by atoms with van der Waals surface area (Å²) in [6, 6.07) is 13.1. The summed E-state index contributed by atoms with van der Waals surface area (Å²) in [6.07, 6.45) is 5.31. The number of fused-ring (bicyclic) bond motifs is 1. The normalized spacial score (nSPS) is 15.0. The molecule has 0 atom stereocenters. The van der Waals surface area contributed by atoms with Crippen molar-refractivity contribution in [2.45, 2.75) is 0 Å². The molecule has 1 aliphatic heterocycles. The van der Waals surface area contributed by atoms with Crippen LogP contribution in [0.25, 0.3) is 10.9 Å². The summed E-state index contributed by atoms with van der Waals surface area (Å²) in [7, 11) is 0. The SMILES string of the molecule is O=C(CON1CCN(c2ccncc2)CC1)Oc1ccc2ncccc2c1. The van der Waals surface area contributed by atoms with E-state index in [9.17, 15) is 4.79 Å². The van der Waals surface area contributed by atoms with E-state index in [2.05, 4.69) is 14.9 Å². The molecule has 1 fully saturated rings. The number of nitrogens with zero attached hydrogens (tertiary/aromatic N) is 4. The second-order valence-electron chi connectivity index (χ2n) is 6.23.